The van der Waals surface area contributed by atoms with Gasteiger partial charge in [0.25, 0.3) is 5.78 Å². The fraction of sp³-hybridized carbons (Fsp3) is 0.0455. The number of nitrogen functional groups attached to an aromatic ring is 2. The van der Waals surface area contributed by atoms with Gasteiger partial charge in [-0.05, 0) is 33.5 Å². The van der Waals surface area contributed by atoms with Crippen molar-refractivity contribution < 1.29 is 18.7 Å². The second-order valence-corrected chi connectivity index (χ2v) is 9.00. The number of H-pyrrole nitrogens is 1. The third-order valence-corrected chi connectivity index (χ3v) is 7.17. The molecule has 34 heavy (non-hydrogen) atoms. The monoisotopic (exact) mass is 491 g/mol. The summed E-state index contributed by atoms with van der Waals surface area (Å²) in [6.45, 7) is 0. The van der Waals surface area contributed by atoms with E-state index in [1.165, 1.54) is 23.1 Å². The molecule has 4 aromatic heterocycles. The highest BCUT2D eigenvalue weighted by molar-refractivity contribution is 7.21. The van der Waals surface area contributed by atoms with Crippen molar-refractivity contribution in [3.63, 3.8) is 0 Å². The highest BCUT2D eigenvalue weighted by Crippen LogP contribution is 2.44. The minimum Gasteiger partial charge on any atom is -0.497 e. The summed E-state index contributed by atoms with van der Waals surface area (Å²) in [5.74, 6) is -0.0106. The van der Waals surface area contributed by atoms with E-state index in [1.807, 2.05) is 17.5 Å². The molecule has 0 unspecified atom stereocenters. The molecule has 0 spiro atoms. The SMILES string of the molecule is COc1ccc(-[n+]2[nH]oc(=O)c2C(=O)c2sc3nc(N)c(C#N)c(-c4cccs4)c3c2N)cc1. The van der Waals surface area contributed by atoms with Crippen LogP contribution in [-0.2, 0) is 0 Å². The molecule has 12 heteroatoms. The number of nitrogens with zero attached hydrogens (tertiary/aromatic N) is 3. The minimum absolute atomic E-state index is 0.0353. The Hall–Kier alpha value is -4.47. The standard InChI is InChI=1S/C22H14N6O4S2/c1-31-11-6-4-10(5-7-11)28-17(22(30)32-27-28)18(29)19-16(24)15-14(13-3-2-8-33-13)12(9-23)20(25)26-21(15)34-19/h2-8H,1H3,(H4-,24,25,26,27,29,30)/p+1. The Kier molecular flexibility index (Phi) is 5.12. The van der Waals surface area contributed by atoms with Crippen molar-refractivity contribution in [2.75, 3.05) is 18.6 Å². The molecule has 0 amide bonds. The van der Waals surface area contributed by atoms with E-state index in [2.05, 4.69) is 16.3 Å². The van der Waals surface area contributed by atoms with Crippen LogP contribution < -0.4 is 26.5 Å². The molecule has 5 rings (SSSR count). The normalized spacial score (nSPS) is 10.9. The molecule has 0 fully saturated rings. The second-order valence-electron chi connectivity index (χ2n) is 7.05. The number of nitriles is 1. The smallest absolute Gasteiger partial charge is 0.439 e. The van der Waals surface area contributed by atoms with Gasteiger partial charge in [-0.1, -0.05) is 6.07 Å². The van der Waals surface area contributed by atoms with Crippen LogP contribution in [-0.4, -0.2) is 23.1 Å². The fourth-order valence-corrected chi connectivity index (χ4v) is 5.44. The predicted octanol–water partition coefficient (Wildman–Crippen LogP) is 2.86. The third-order valence-electron chi connectivity index (χ3n) is 5.18. The quantitative estimate of drug-likeness (QED) is 0.249. The zero-order chi connectivity index (χ0) is 24.0. The number of aromatic nitrogens is 3. The zero-order valence-corrected chi connectivity index (χ0v) is 19.1. The van der Waals surface area contributed by atoms with E-state index < -0.39 is 11.4 Å². The highest BCUT2D eigenvalue weighted by atomic mass is 32.1. The van der Waals surface area contributed by atoms with E-state index in [0.717, 1.165) is 16.2 Å². The van der Waals surface area contributed by atoms with Crippen LogP contribution in [0.25, 0.3) is 26.3 Å². The van der Waals surface area contributed by atoms with E-state index in [1.54, 1.807) is 24.3 Å². The number of methoxy groups -OCH3 is 1. The summed E-state index contributed by atoms with van der Waals surface area (Å²) in [4.78, 5) is 31.6. The van der Waals surface area contributed by atoms with Crippen LogP contribution >= 0.6 is 22.7 Å². The Bertz CT molecular complexity index is 1660. The van der Waals surface area contributed by atoms with E-state index in [4.69, 9.17) is 20.7 Å². The fourth-order valence-electron chi connectivity index (χ4n) is 3.61. The summed E-state index contributed by atoms with van der Waals surface area (Å²) in [5.41, 5.74) is 12.6. The van der Waals surface area contributed by atoms with Gasteiger partial charge >= 0.3 is 11.3 Å². The predicted molar refractivity (Wildman–Crippen MR) is 127 cm³/mol. The molecule has 5 aromatic rings. The zero-order valence-electron chi connectivity index (χ0n) is 17.5. The number of hydrogen-bond acceptors (Lipinski definition) is 10. The Labute approximate surface area is 199 Å². The molecule has 0 saturated carbocycles. The summed E-state index contributed by atoms with van der Waals surface area (Å²) in [6, 6.07) is 12.4. The Morgan fingerprint density at radius 3 is 2.68 bits per heavy atom. The van der Waals surface area contributed by atoms with Gasteiger partial charge < -0.3 is 16.2 Å². The van der Waals surface area contributed by atoms with E-state index in [-0.39, 0.29) is 27.6 Å². The summed E-state index contributed by atoms with van der Waals surface area (Å²) in [5, 5.41) is 14.5. The first-order valence-corrected chi connectivity index (χ1v) is 11.4. The van der Waals surface area contributed by atoms with Crippen LogP contribution in [0.15, 0.2) is 51.1 Å². The first-order chi connectivity index (χ1) is 16.4. The van der Waals surface area contributed by atoms with E-state index in [9.17, 15) is 14.9 Å². The number of ketones is 1. The van der Waals surface area contributed by atoms with Gasteiger partial charge in [-0.3, -0.25) is 9.32 Å². The van der Waals surface area contributed by atoms with Gasteiger partial charge in [-0.15, -0.1) is 22.7 Å². The topological polar surface area (TPSA) is 165 Å². The maximum atomic E-state index is 13.6. The van der Waals surface area contributed by atoms with E-state index >= 15 is 0 Å². The maximum absolute atomic E-state index is 13.6. The van der Waals surface area contributed by atoms with Crippen molar-refractivity contribution in [2.24, 2.45) is 0 Å². The summed E-state index contributed by atoms with van der Waals surface area (Å²) in [6.07, 6.45) is 0. The van der Waals surface area contributed by atoms with Crippen LogP contribution in [0, 0.1) is 11.3 Å². The molecule has 0 saturated heterocycles. The number of benzene rings is 1. The molecule has 0 aliphatic rings. The second kappa shape index (κ2) is 8.14. The number of aromatic amines is 1. The van der Waals surface area contributed by atoms with Gasteiger partial charge in [0.1, 0.15) is 32.9 Å². The van der Waals surface area contributed by atoms with Crippen molar-refractivity contribution in [3.05, 3.63) is 68.3 Å². The van der Waals surface area contributed by atoms with Gasteiger partial charge in [0, 0.05) is 28.0 Å². The molecule has 168 valence electrons. The minimum atomic E-state index is -0.860. The number of carbonyl (C=O) groups excluding carboxylic acids is 1. The molecule has 0 aliphatic carbocycles. The van der Waals surface area contributed by atoms with Gasteiger partial charge in [-0.25, -0.2) is 9.78 Å². The average Bonchev–Trinajstić information content (AvgIpc) is 3.57. The molecule has 0 atom stereocenters. The first kappa shape index (κ1) is 21.4. The number of nitrogens with one attached hydrogen (secondary N) is 1. The number of nitrogens with two attached hydrogens (primary N) is 2. The van der Waals surface area contributed by atoms with Gasteiger partial charge in [0.15, 0.2) is 0 Å². The molecule has 10 nitrogen and oxygen atoms in total. The summed E-state index contributed by atoms with van der Waals surface area (Å²) >= 11 is 2.40. The number of rotatable bonds is 5. The van der Waals surface area contributed by atoms with Crippen molar-refractivity contribution in [1.82, 2.24) is 10.3 Å². The van der Waals surface area contributed by atoms with Crippen molar-refractivity contribution in [1.29, 1.82) is 5.26 Å². The number of carbonyl (C=O) groups is 1. The largest absolute Gasteiger partial charge is 0.497 e. The molecule has 1 aromatic carbocycles. The summed E-state index contributed by atoms with van der Waals surface area (Å²) < 4.78 is 11.3. The molecular weight excluding hydrogens is 476 g/mol. The van der Waals surface area contributed by atoms with Gasteiger partial charge in [-0.2, -0.15) is 5.26 Å². The lowest BCUT2D eigenvalue weighted by Crippen LogP contribution is -2.41. The maximum Gasteiger partial charge on any atom is 0.439 e. The number of hydrogen-bond donors (Lipinski definition) is 3. The average molecular weight is 492 g/mol. The number of pyridine rings is 1. The lowest BCUT2D eigenvalue weighted by Gasteiger charge is -2.07. The molecular formula is C22H15N6O4S2+. The molecule has 0 aliphatic heterocycles. The Morgan fingerprint density at radius 2 is 2.03 bits per heavy atom. The summed E-state index contributed by atoms with van der Waals surface area (Å²) in [7, 11) is 1.53. The van der Waals surface area contributed by atoms with Gasteiger partial charge in [0.2, 0.25) is 5.69 Å². The molecule has 4 heterocycles. The van der Waals surface area contributed by atoms with Crippen LogP contribution in [0.5, 0.6) is 5.75 Å². The van der Waals surface area contributed by atoms with E-state index in [0.29, 0.717) is 27.2 Å². The Balaban J connectivity index is 1.72. The number of thiophene rings is 2. The van der Waals surface area contributed by atoms with Crippen LogP contribution in [0.3, 0.4) is 0 Å². The Morgan fingerprint density at radius 1 is 1.26 bits per heavy atom. The van der Waals surface area contributed by atoms with Crippen LogP contribution in [0.4, 0.5) is 11.5 Å². The number of fused-ring (bicyclic) bond motifs is 1. The lowest BCUT2D eigenvalue weighted by atomic mass is 10.0. The van der Waals surface area contributed by atoms with Gasteiger partial charge in [0.05, 0.1) is 12.8 Å². The van der Waals surface area contributed by atoms with Crippen molar-refractivity contribution >= 4 is 50.2 Å². The van der Waals surface area contributed by atoms with Crippen molar-refractivity contribution in [3.8, 4) is 27.9 Å². The molecule has 0 radical (unpaired) electrons. The lowest BCUT2D eigenvalue weighted by molar-refractivity contribution is -0.672. The highest BCUT2D eigenvalue weighted by Gasteiger charge is 2.35. The van der Waals surface area contributed by atoms with Crippen LogP contribution in [0.2, 0.25) is 0 Å². The molecule has 5 N–H and O–H groups in total. The van der Waals surface area contributed by atoms with Crippen molar-refractivity contribution in [2.45, 2.75) is 0 Å². The molecule has 0 bridgehead atoms. The first-order valence-electron chi connectivity index (χ1n) is 9.72. The number of anilines is 2. The van der Waals surface area contributed by atoms with Crippen LogP contribution in [0.1, 0.15) is 20.9 Å². The number of ether oxygens (including phenoxy) is 1. The third kappa shape index (κ3) is 3.22.